The van der Waals surface area contributed by atoms with E-state index in [1.807, 2.05) is 6.07 Å². The molecule has 1 aromatic carbocycles. The van der Waals surface area contributed by atoms with Gasteiger partial charge < -0.3 is 4.74 Å². The van der Waals surface area contributed by atoms with Gasteiger partial charge in [-0.3, -0.25) is 4.79 Å². The molecule has 0 bridgehead atoms. The third kappa shape index (κ3) is 2.42. The maximum atomic E-state index is 13.2. The normalized spacial score (nSPS) is 11.3. The van der Waals surface area contributed by atoms with Crippen LogP contribution in [0, 0.1) is 11.3 Å². The average molecular weight is 221 g/mol. The molecule has 0 amide bonds. The maximum Gasteiger partial charge on any atom is 0.348 e. The second kappa shape index (κ2) is 5.03. The Balaban J connectivity index is 2.89. The molecule has 82 valence electrons. The highest BCUT2D eigenvalue weighted by Crippen LogP contribution is 2.09. The molecule has 0 saturated heterocycles. The number of hydrogen-bond donors (Lipinski definition) is 0. The van der Waals surface area contributed by atoms with Crippen molar-refractivity contribution >= 4 is 11.8 Å². The summed E-state index contributed by atoms with van der Waals surface area (Å²) in [7, 11) is 1.00. The molecule has 1 unspecified atom stereocenters. The van der Waals surface area contributed by atoms with Gasteiger partial charge in [-0.05, 0) is 24.3 Å². The van der Waals surface area contributed by atoms with Gasteiger partial charge in [0.05, 0.1) is 18.7 Å². The number of ether oxygens (including phenoxy) is 1. The molecule has 1 aromatic rings. The first-order valence-electron chi connectivity index (χ1n) is 4.36. The second-order valence-electron chi connectivity index (χ2n) is 2.94. The van der Waals surface area contributed by atoms with E-state index in [-0.39, 0.29) is 5.56 Å². The van der Waals surface area contributed by atoms with Crippen LogP contribution in [0.5, 0.6) is 0 Å². The zero-order chi connectivity index (χ0) is 12.1. The fraction of sp³-hybridized carbons (Fsp3) is 0.182. The molecule has 0 N–H and O–H groups in total. The van der Waals surface area contributed by atoms with Crippen molar-refractivity contribution in [2.45, 2.75) is 6.17 Å². The van der Waals surface area contributed by atoms with Crippen LogP contribution in [0.2, 0.25) is 0 Å². The summed E-state index contributed by atoms with van der Waals surface area (Å²) >= 11 is 0. The van der Waals surface area contributed by atoms with Crippen LogP contribution in [-0.2, 0) is 9.53 Å². The van der Waals surface area contributed by atoms with Gasteiger partial charge in [0, 0.05) is 5.56 Å². The lowest BCUT2D eigenvalue weighted by molar-refractivity contribution is -0.144. The number of methoxy groups -OCH3 is 1. The standard InChI is InChI=1S/C11H8FNO3/c1-16-11(15)9(12)10(14)8-4-2-7(6-13)3-5-8/h2-5,9H,1H3. The van der Waals surface area contributed by atoms with Gasteiger partial charge >= 0.3 is 5.97 Å². The number of Topliss-reactive ketones (excluding diaryl/α,β-unsaturated/α-hetero) is 1. The molecular formula is C11H8FNO3. The Bertz CT molecular complexity index is 447. The van der Waals surface area contributed by atoms with Crippen molar-refractivity contribution < 1.29 is 18.7 Å². The van der Waals surface area contributed by atoms with E-state index in [0.29, 0.717) is 5.56 Å². The van der Waals surface area contributed by atoms with Gasteiger partial charge in [0.25, 0.3) is 6.17 Å². The Labute approximate surface area is 91.3 Å². The molecule has 5 heteroatoms. The number of nitriles is 1. The van der Waals surface area contributed by atoms with E-state index in [9.17, 15) is 14.0 Å². The summed E-state index contributed by atoms with van der Waals surface area (Å²) < 4.78 is 17.3. The number of alkyl halides is 1. The topological polar surface area (TPSA) is 67.2 Å². The molecule has 0 fully saturated rings. The lowest BCUT2D eigenvalue weighted by Gasteiger charge is -2.04. The van der Waals surface area contributed by atoms with Crippen LogP contribution in [0.25, 0.3) is 0 Å². The van der Waals surface area contributed by atoms with Gasteiger partial charge in [0.2, 0.25) is 5.78 Å². The fourth-order valence-corrected chi connectivity index (χ4v) is 1.07. The number of hydrogen-bond acceptors (Lipinski definition) is 4. The van der Waals surface area contributed by atoms with Crippen LogP contribution in [0.1, 0.15) is 15.9 Å². The van der Waals surface area contributed by atoms with Gasteiger partial charge in [0.15, 0.2) is 0 Å². The molecule has 0 saturated carbocycles. The van der Waals surface area contributed by atoms with E-state index in [0.717, 1.165) is 7.11 Å². The van der Waals surface area contributed by atoms with Crippen molar-refractivity contribution in [2.24, 2.45) is 0 Å². The zero-order valence-electron chi connectivity index (χ0n) is 8.44. The monoisotopic (exact) mass is 221 g/mol. The molecule has 0 spiro atoms. The lowest BCUT2D eigenvalue weighted by atomic mass is 10.1. The minimum atomic E-state index is -2.32. The number of halogens is 1. The molecule has 0 aliphatic carbocycles. The van der Waals surface area contributed by atoms with Crippen molar-refractivity contribution in [1.29, 1.82) is 5.26 Å². The second-order valence-corrected chi connectivity index (χ2v) is 2.94. The molecular weight excluding hydrogens is 213 g/mol. The summed E-state index contributed by atoms with van der Waals surface area (Å²) in [5.74, 6) is -2.20. The number of carbonyl (C=O) groups is 2. The Morgan fingerprint density at radius 1 is 1.38 bits per heavy atom. The summed E-state index contributed by atoms with van der Waals surface area (Å²) in [6.07, 6.45) is -2.32. The molecule has 0 heterocycles. The fourth-order valence-electron chi connectivity index (χ4n) is 1.07. The number of nitrogens with zero attached hydrogens (tertiary/aromatic N) is 1. The van der Waals surface area contributed by atoms with Gasteiger partial charge in [-0.2, -0.15) is 5.26 Å². The first kappa shape index (κ1) is 11.9. The highest BCUT2D eigenvalue weighted by molar-refractivity contribution is 6.11. The minimum Gasteiger partial charge on any atom is -0.467 e. The number of carbonyl (C=O) groups excluding carboxylic acids is 2. The smallest absolute Gasteiger partial charge is 0.348 e. The predicted octanol–water partition coefficient (Wildman–Crippen LogP) is 1.25. The van der Waals surface area contributed by atoms with E-state index >= 15 is 0 Å². The highest BCUT2D eigenvalue weighted by atomic mass is 19.1. The molecule has 4 nitrogen and oxygen atoms in total. The van der Waals surface area contributed by atoms with Gasteiger partial charge in [-0.1, -0.05) is 0 Å². The Morgan fingerprint density at radius 3 is 2.38 bits per heavy atom. The Kier molecular flexibility index (Phi) is 3.72. The SMILES string of the molecule is COC(=O)C(F)C(=O)c1ccc(C#N)cc1. The van der Waals surface area contributed by atoms with Crippen LogP contribution < -0.4 is 0 Å². The van der Waals surface area contributed by atoms with Crippen LogP contribution >= 0.6 is 0 Å². The quantitative estimate of drug-likeness (QED) is 0.437. The number of rotatable bonds is 3. The lowest BCUT2D eigenvalue weighted by Crippen LogP contribution is -2.26. The predicted molar refractivity (Wildman–Crippen MR) is 52.4 cm³/mol. The first-order chi connectivity index (χ1) is 7.60. The molecule has 1 atom stereocenters. The van der Waals surface area contributed by atoms with Gasteiger partial charge in [-0.15, -0.1) is 0 Å². The number of esters is 1. The van der Waals surface area contributed by atoms with Crippen molar-refractivity contribution in [3.05, 3.63) is 35.4 Å². The molecule has 16 heavy (non-hydrogen) atoms. The van der Waals surface area contributed by atoms with Crippen LogP contribution in [0.3, 0.4) is 0 Å². The van der Waals surface area contributed by atoms with Gasteiger partial charge in [0.1, 0.15) is 0 Å². The third-order valence-electron chi connectivity index (χ3n) is 1.94. The number of ketones is 1. The van der Waals surface area contributed by atoms with Crippen LogP contribution in [0.15, 0.2) is 24.3 Å². The maximum absolute atomic E-state index is 13.2. The highest BCUT2D eigenvalue weighted by Gasteiger charge is 2.27. The van der Waals surface area contributed by atoms with E-state index in [1.54, 1.807) is 0 Å². The zero-order valence-corrected chi connectivity index (χ0v) is 8.44. The van der Waals surface area contributed by atoms with Crippen molar-refractivity contribution in [3.63, 3.8) is 0 Å². The minimum absolute atomic E-state index is 0.0249. The van der Waals surface area contributed by atoms with E-state index in [4.69, 9.17) is 5.26 Å². The third-order valence-corrected chi connectivity index (χ3v) is 1.94. The summed E-state index contributed by atoms with van der Waals surface area (Å²) in [5, 5.41) is 8.52. The van der Waals surface area contributed by atoms with E-state index < -0.39 is 17.9 Å². The van der Waals surface area contributed by atoms with Crippen LogP contribution in [-0.4, -0.2) is 25.0 Å². The van der Waals surface area contributed by atoms with E-state index in [1.165, 1.54) is 24.3 Å². The average Bonchev–Trinajstić information content (AvgIpc) is 2.36. The van der Waals surface area contributed by atoms with E-state index in [2.05, 4.69) is 4.74 Å². The number of benzene rings is 1. The molecule has 0 aromatic heterocycles. The molecule has 1 rings (SSSR count). The van der Waals surface area contributed by atoms with Crippen LogP contribution in [0.4, 0.5) is 4.39 Å². The summed E-state index contributed by atoms with van der Waals surface area (Å²) in [5.41, 5.74) is 0.377. The molecule has 0 radical (unpaired) electrons. The van der Waals surface area contributed by atoms with Crippen molar-refractivity contribution in [3.8, 4) is 6.07 Å². The summed E-state index contributed by atoms with van der Waals surface area (Å²) in [4.78, 5) is 22.2. The molecule has 0 aliphatic rings. The van der Waals surface area contributed by atoms with Crippen molar-refractivity contribution in [2.75, 3.05) is 7.11 Å². The molecule has 0 aliphatic heterocycles. The largest absolute Gasteiger partial charge is 0.467 e. The summed E-state index contributed by atoms with van der Waals surface area (Å²) in [6.45, 7) is 0. The Hall–Kier alpha value is -2.22. The van der Waals surface area contributed by atoms with Gasteiger partial charge in [-0.25, -0.2) is 9.18 Å². The first-order valence-corrected chi connectivity index (χ1v) is 4.36. The summed E-state index contributed by atoms with van der Waals surface area (Å²) in [6, 6.07) is 7.18. The Morgan fingerprint density at radius 2 is 1.94 bits per heavy atom. The van der Waals surface area contributed by atoms with Crippen molar-refractivity contribution in [1.82, 2.24) is 0 Å².